The van der Waals surface area contributed by atoms with Crippen LogP contribution in [0.2, 0.25) is 0 Å². The molecule has 0 N–H and O–H groups in total. The molecule has 1 heterocycles. The highest BCUT2D eigenvalue weighted by atomic mass is 16.5. The van der Waals surface area contributed by atoms with E-state index in [4.69, 9.17) is 9.15 Å². The Morgan fingerprint density at radius 2 is 2.09 bits per heavy atom. The maximum Gasteiger partial charge on any atom is 0.260 e. The van der Waals surface area contributed by atoms with Gasteiger partial charge in [0.1, 0.15) is 11.5 Å². The Kier molecular flexibility index (Phi) is 5.26. The molecule has 0 unspecified atom stereocenters. The summed E-state index contributed by atoms with van der Waals surface area (Å²) in [6, 6.07) is 9.77. The predicted molar refractivity (Wildman–Crippen MR) is 85.9 cm³/mol. The van der Waals surface area contributed by atoms with E-state index >= 15 is 0 Å². The van der Waals surface area contributed by atoms with E-state index in [9.17, 15) is 4.79 Å². The van der Waals surface area contributed by atoms with Gasteiger partial charge in [0, 0.05) is 7.05 Å². The number of furan rings is 1. The fourth-order valence-corrected chi connectivity index (χ4v) is 2.22. The first-order valence-electron chi connectivity index (χ1n) is 7.47. The molecule has 4 heteroatoms. The molecule has 0 fully saturated rings. The van der Waals surface area contributed by atoms with Gasteiger partial charge in [0.15, 0.2) is 6.61 Å². The fourth-order valence-electron chi connectivity index (χ4n) is 2.22. The van der Waals surface area contributed by atoms with E-state index in [1.165, 1.54) is 0 Å². The number of hydrogen-bond acceptors (Lipinski definition) is 3. The molecule has 0 saturated carbocycles. The Hall–Kier alpha value is -2.23. The van der Waals surface area contributed by atoms with Gasteiger partial charge in [-0.05, 0) is 42.2 Å². The van der Waals surface area contributed by atoms with Gasteiger partial charge in [-0.3, -0.25) is 4.79 Å². The van der Waals surface area contributed by atoms with Crippen molar-refractivity contribution >= 4 is 5.91 Å². The number of carbonyl (C=O) groups is 1. The number of rotatable bonds is 6. The lowest BCUT2D eigenvalue weighted by atomic mass is 10.0. The summed E-state index contributed by atoms with van der Waals surface area (Å²) in [5.74, 6) is 1.82. The molecule has 1 amide bonds. The number of ether oxygens (including phenoxy) is 1. The SMILES string of the molecule is Cc1ccc(C(C)C)c(OCC(=O)N(C)Cc2ccco2)c1. The van der Waals surface area contributed by atoms with Crippen LogP contribution in [0.15, 0.2) is 41.0 Å². The van der Waals surface area contributed by atoms with E-state index in [1.807, 2.05) is 25.1 Å². The first kappa shape index (κ1) is 16.1. The number of likely N-dealkylation sites (N-methyl/N-ethyl adjacent to an activating group) is 1. The number of benzene rings is 1. The van der Waals surface area contributed by atoms with Gasteiger partial charge in [0.2, 0.25) is 0 Å². The molecule has 2 aromatic rings. The summed E-state index contributed by atoms with van der Waals surface area (Å²) in [5, 5.41) is 0. The molecule has 0 aliphatic rings. The second-order valence-electron chi connectivity index (χ2n) is 5.81. The molecular weight excluding hydrogens is 278 g/mol. The van der Waals surface area contributed by atoms with Crippen molar-refractivity contribution in [2.75, 3.05) is 13.7 Å². The number of hydrogen-bond donors (Lipinski definition) is 0. The molecule has 1 aromatic heterocycles. The van der Waals surface area contributed by atoms with Gasteiger partial charge in [0.05, 0.1) is 12.8 Å². The van der Waals surface area contributed by atoms with Crippen LogP contribution in [0.1, 0.15) is 36.7 Å². The second-order valence-corrected chi connectivity index (χ2v) is 5.81. The van der Waals surface area contributed by atoms with Gasteiger partial charge in [-0.25, -0.2) is 0 Å². The first-order chi connectivity index (χ1) is 10.5. The third-order valence-electron chi connectivity index (χ3n) is 3.54. The van der Waals surface area contributed by atoms with Crippen LogP contribution < -0.4 is 4.74 Å². The Morgan fingerprint density at radius 3 is 2.73 bits per heavy atom. The van der Waals surface area contributed by atoms with Gasteiger partial charge in [-0.2, -0.15) is 0 Å². The lowest BCUT2D eigenvalue weighted by Crippen LogP contribution is -2.31. The molecule has 0 aliphatic heterocycles. The Bertz CT molecular complexity index is 617. The van der Waals surface area contributed by atoms with E-state index in [-0.39, 0.29) is 12.5 Å². The molecular formula is C18H23NO3. The van der Waals surface area contributed by atoms with Crippen molar-refractivity contribution in [1.29, 1.82) is 0 Å². The maximum absolute atomic E-state index is 12.2. The summed E-state index contributed by atoms with van der Waals surface area (Å²) in [6.07, 6.45) is 1.60. The number of aryl methyl sites for hydroxylation is 1. The Morgan fingerprint density at radius 1 is 1.32 bits per heavy atom. The van der Waals surface area contributed by atoms with Crippen molar-refractivity contribution in [1.82, 2.24) is 4.90 Å². The summed E-state index contributed by atoms with van der Waals surface area (Å²) in [5.41, 5.74) is 2.24. The molecule has 4 nitrogen and oxygen atoms in total. The van der Waals surface area contributed by atoms with Gasteiger partial charge in [-0.1, -0.05) is 26.0 Å². The molecule has 0 saturated heterocycles. The average molecular weight is 301 g/mol. The standard InChI is InChI=1S/C18H23NO3/c1-13(2)16-8-7-14(3)10-17(16)22-12-18(20)19(4)11-15-6-5-9-21-15/h5-10,13H,11-12H2,1-4H3. The van der Waals surface area contributed by atoms with Crippen molar-refractivity contribution in [3.63, 3.8) is 0 Å². The normalized spacial score (nSPS) is 10.8. The lowest BCUT2D eigenvalue weighted by molar-refractivity contribution is -0.132. The van der Waals surface area contributed by atoms with Crippen molar-refractivity contribution in [3.8, 4) is 5.75 Å². The second kappa shape index (κ2) is 7.16. The third-order valence-corrected chi connectivity index (χ3v) is 3.54. The van der Waals surface area contributed by atoms with E-state index in [0.29, 0.717) is 12.5 Å². The quantitative estimate of drug-likeness (QED) is 0.816. The minimum atomic E-state index is -0.0763. The monoisotopic (exact) mass is 301 g/mol. The zero-order valence-electron chi connectivity index (χ0n) is 13.6. The number of amides is 1. The third kappa shape index (κ3) is 4.13. The summed E-state index contributed by atoms with van der Waals surface area (Å²) in [7, 11) is 1.74. The highest BCUT2D eigenvalue weighted by Gasteiger charge is 2.14. The first-order valence-corrected chi connectivity index (χ1v) is 7.47. The molecule has 22 heavy (non-hydrogen) atoms. The lowest BCUT2D eigenvalue weighted by Gasteiger charge is -2.18. The fraction of sp³-hybridized carbons (Fsp3) is 0.389. The number of carbonyl (C=O) groups excluding carboxylic acids is 1. The number of nitrogens with zero attached hydrogens (tertiary/aromatic N) is 1. The van der Waals surface area contributed by atoms with Crippen LogP contribution in [0.3, 0.4) is 0 Å². The zero-order valence-corrected chi connectivity index (χ0v) is 13.6. The molecule has 0 bridgehead atoms. The van der Waals surface area contributed by atoms with Crippen molar-refractivity contribution in [2.24, 2.45) is 0 Å². The van der Waals surface area contributed by atoms with Crippen LogP contribution in [0.5, 0.6) is 5.75 Å². The summed E-state index contributed by atoms with van der Waals surface area (Å²) in [4.78, 5) is 13.8. The largest absolute Gasteiger partial charge is 0.483 e. The predicted octanol–water partition coefficient (Wildman–Crippen LogP) is 3.75. The van der Waals surface area contributed by atoms with Crippen LogP contribution in [0.25, 0.3) is 0 Å². The van der Waals surface area contributed by atoms with Crippen molar-refractivity contribution < 1.29 is 13.9 Å². The highest BCUT2D eigenvalue weighted by molar-refractivity contribution is 5.77. The summed E-state index contributed by atoms with van der Waals surface area (Å²) < 4.78 is 11.0. The van der Waals surface area contributed by atoms with Crippen LogP contribution in [-0.4, -0.2) is 24.5 Å². The summed E-state index contributed by atoms with van der Waals surface area (Å²) in [6.45, 7) is 6.72. The van der Waals surface area contributed by atoms with E-state index in [2.05, 4.69) is 26.0 Å². The van der Waals surface area contributed by atoms with E-state index in [0.717, 1.165) is 22.6 Å². The zero-order chi connectivity index (χ0) is 16.1. The van der Waals surface area contributed by atoms with Gasteiger partial charge in [0.25, 0.3) is 5.91 Å². The molecule has 0 radical (unpaired) electrons. The highest BCUT2D eigenvalue weighted by Crippen LogP contribution is 2.27. The average Bonchev–Trinajstić information content (AvgIpc) is 2.97. The minimum Gasteiger partial charge on any atom is -0.483 e. The van der Waals surface area contributed by atoms with Gasteiger partial charge in [-0.15, -0.1) is 0 Å². The molecule has 1 aromatic carbocycles. The molecule has 0 atom stereocenters. The molecule has 118 valence electrons. The van der Waals surface area contributed by atoms with Crippen LogP contribution in [-0.2, 0) is 11.3 Å². The van der Waals surface area contributed by atoms with Crippen molar-refractivity contribution in [3.05, 3.63) is 53.5 Å². The van der Waals surface area contributed by atoms with Gasteiger partial charge >= 0.3 is 0 Å². The maximum atomic E-state index is 12.2. The smallest absolute Gasteiger partial charge is 0.260 e. The Labute approximate surface area is 131 Å². The Balaban J connectivity index is 1.97. The topological polar surface area (TPSA) is 42.7 Å². The molecule has 0 aliphatic carbocycles. The van der Waals surface area contributed by atoms with E-state index in [1.54, 1.807) is 18.2 Å². The summed E-state index contributed by atoms with van der Waals surface area (Å²) >= 11 is 0. The van der Waals surface area contributed by atoms with Crippen LogP contribution >= 0.6 is 0 Å². The van der Waals surface area contributed by atoms with Crippen LogP contribution in [0, 0.1) is 6.92 Å². The van der Waals surface area contributed by atoms with Crippen LogP contribution in [0.4, 0.5) is 0 Å². The van der Waals surface area contributed by atoms with Crippen molar-refractivity contribution in [2.45, 2.75) is 33.2 Å². The molecule has 0 spiro atoms. The minimum absolute atomic E-state index is 0.0282. The van der Waals surface area contributed by atoms with Gasteiger partial charge < -0.3 is 14.1 Å². The molecule has 2 rings (SSSR count). The van der Waals surface area contributed by atoms with E-state index < -0.39 is 0 Å².